The highest BCUT2D eigenvalue weighted by molar-refractivity contribution is 7.92. The van der Waals surface area contributed by atoms with E-state index in [0.29, 0.717) is 18.7 Å². The van der Waals surface area contributed by atoms with E-state index in [0.717, 1.165) is 22.3 Å². The summed E-state index contributed by atoms with van der Waals surface area (Å²) in [6.07, 6.45) is 0.571. The van der Waals surface area contributed by atoms with E-state index in [4.69, 9.17) is 0 Å². The van der Waals surface area contributed by atoms with Crippen LogP contribution in [-0.4, -0.2) is 27.7 Å². The Hall–Kier alpha value is -2.68. The Morgan fingerprint density at radius 2 is 1.41 bits per heavy atom. The highest BCUT2D eigenvalue weighted by Gasteiger charge is 2.28. The van der Waals surface area contributed by atoms with Crippen molar-refractivity contribution in [3.63, 3.8) is 0 Å². The summed E-state index contributed by atoms with van der Waals surface area (Å²) in [7, 11) is -7.41. The maximum Gasteiger partial charge on any atom is 0.261 e. The number of sulfonamides is 2. The van der Waals surface area contributed by atoms with E-state index in [1.54, 1.807) is 48.5 Å². The first-order valence-corrected chi connectivity index (χ1v) is 14.1. The average Bonchev–Trinajstić information content (AvgIpc) is 2.78. The van der Waals surface area contributed by atoms with E-state index in [1.807, 2.05) is 25.1 Å². The molecule has 1 aliphatic heterocycles. The van der Waals surface area contributed by atoms with Crippen LogP contribution in [0.15, 0.2) is 76.5 Å². The smallest absolute Gasteiger partial charge is 0.261 e. The third-order valence-electron chi connectivity index (χ3n) is 6.13. The van der Waals surface area contributed by atoms with Gasteiger partial charge in [-0.3, -0.25) is 4.72 Å². The van der Waals surface area contributed by atoms with Crippen molar-refractivity contribution in [3.8, 4) is 0 Å². The second kappa shape index (κ2) is 8.83. The molecule has 0 saturated carbocycles. The van der Waals surface area contributed by atoms with Gasteiger partial charge in [0.05, 0.1) is 9.79 Å². The summed E-state index contributed by atoms with van der Waals surface area (Å²) in [4.78, 5) is 0.443. The van der Waals surface area contributed by atoms with Gasteiger partial charge in [0.1, 0.15) is 0 Å². The molecule has 1 aliphatic rings. The zero-order valence-electron chi connectivity index (χ0n) is 19.9. The van der Waals surface area contributed by atoms with Gasteiger partial charge in [-0.05, 0) is 71.8 Å². The first kappa shape index (κ1) is 24.4. The zero-order chi connectivity index (χ0) is 24.7. The molecule has 0 bridgehead atoms. The molecule has 34 heavy (non-hydrogen) atoms. The summed E-state index contributed by atoms with van der Waals surface area (Å²) in [5.74, 6) is 0. The Balaban J connectivity index is 1.55. The molecule has 6 nitrogen and oxygen atoms in total. The normalized spacial score (nSPS) is 15.1. The van der Waals surface area contributed by atoms with Crippen LogP contribution in [0.5, 0.6) is 0 Å². The molecule has 3 aromatic carbocycles. The Morgan fingerprint density at radius 3 is 2.03 bits per heavy atom. The zero-order valence-corrected chi connectivity index (χ0v) is 21.5. The third kappa shape index (κ3) is 5.04. The van der Waals surface area contributed by atoms with Gasteiger partial charge in [0.2, 0.25) is 10.0 Å². The largest absolute Gasteiger partial charge is 0.280 e. The SMILES string of the molecule is Cc1ccc(S(=O)(=O)N2CCc3ccc(NS(=O)(=O)c4ccc(C(C)(C)C)cc4)cc3C2)cc1. The fraction of sp³-hybridized carbons (Fsp3) is 0.308. The maximum absolute atomic E-state index is 13.1. The average molecular weight is 499 g/mol. The fourth-order valence-corrected chi connectivity index (χ4v) is 6.48. The van der Waals surface area contributed by atoms with Gasteiger partial charge in [0, 0.05) is 18.8 Å². The molecular weight excluding hydrogens is 468 g/mol. The van der Waals surface area contributed by atoms with Crippen LogP contribution in [0.3, 0.4) is 0 Å². The molecule has 1 heterocycles. The van der Waals surface area contributed by atoms with Gasteiger partial charge in [-0.15, -0.1) is 0 Å². The number of anilines is 1. The molecule has 3 aromatic rings. The van der Waals surface area contributed by atoms with Crippen molar-refractivity contribution < 1.29 is 16.8 Å². The van der Waals surface area contributed by atoms with Gasteiger partial charge in [0.15, 0.2) is 0 Å². The molecule has 0 amide bonds. The van der Waals surface area contributed by atoms with Crippen molar-refractivity contribution in [2.45, 2.75) is 55.9 Å². The lowest BCUT2D eigenvalue weighted by Gasteiger charge is -2.28. The van der Waals surface area contributed by atoms with Crippen molar-refractivity contribution >= 4 is 25.7 Å². The summed E-state index contributed by atoms with van der Waals surface area (Å²) < 4.78 is 56.2. The summed E-state index contributed by atoms with van der Waals surface area (Å²) in [6, 6.07) is 19.0. The first-order valence-electron chi connectivity index (χ1n) is 11.2. The molecule has 0 radical (unpaired) electrons. The Morgan fingerprint density at radius 1 is 0.794 bits per heavy atom. The number of nitrogens with one attached hydrogen (secondary N) is 1. The van der Waals surface area contributed by atoms with E-state index >= 15 is 0 Å². The van der Waals surface area contributed by atoms with E-state index in [-0.39, 0.29) is 21.8 Å². The van der Waals surface area contributed by atoms with Crippen LogP contribution in [0.4, 0.5) is 5.69 Å². The topological polar surface area (TPSA) is 83.6 Å². The molecule has 180 valence electrons. The number of aryl methyl sites for hydroxylation is 1. The van der Waals surface area contributed by atoms with Crippen LogP contribution in [0.1, 0.15) is 43.0 Å². The summed E-state index contributed by atoms with van der Waals surface area (Å²) in [5.41, 5.74) is 4.20. The summed E-state index contributed by atoms with van der Waals surface area (Å²) in [5, 5.41) is 0. The number of hydrogen-bond acceptors (Lipinski definition) is 4. The van der Waals surface area contributed by atoms with Gasteiger partial charge in [-0.2, -0.15) is 4.31 Å². The van der Waals surface area contributed by atoms with Crippen LogP contribution in [0.2, 0.25) is 0 Å². The third-order valence-corrected chi connectivity index (χ3v) is 9.38. The van der Waals surface area contributed by atoms with E-state index in [9.17, 15) is 16.8 Å². The highest BCUT2D eigenvalue weighted by Crippen LogP contribution is 2.29. The maximum atomic E-state index is 13.1. The lowest BCUT2D eigenvalue weighted by atomic mass is 9.87. The van der Waals surface area contributed by atoms with E-state index < -0.39 is 20.0 Å². The first-order chi connectivity index (χ1) is 15.9. The van der Waals surface area contributed by atoms with Crippen LogP contribution in [-0.2, 0) is 38.4 Å². The summed E-state index contributed by atoms with van der Waals surface area (Å²) >= 11 is 0. The molecule has 0 saturated heterocycles. The van der Waals surface area contributed by atoms with Crippen molar-refractivity contribution in [2.75, 3.05) is 11.3 Å². The predicted octanol–water partition coefficient (Wildman–Crippen LogP) is 4.84. The minimum Gasteiger partial charge on any atom is -0.280 e. The second-order valence-corrected chi connectivity index (χ2v) is 13.4. The Bertz CT molecular complexity index is 1410. The van der Waals surface area contributed by atoms with Crippen molar-refractivity contribution in [2.24, 2.45) is 0 Å². The quantitative estimate of drug-likeness (QED) is 0.546. The molecule has 0 aliphatic carbocycles. The minimum absolute atomic E-state index is 0.0704. The molecule has 0 fully saturated rings. The van der Waals surface area contributed by atoms with Crippen molar-refractivity contribution in [1.29, 1.82) is 0 Å². The molecule has 1 N–H and O–H groups in total. The molecule has 0 aromatic heterocycles. The van der Waals surface area contributed by atoms with Crippen LogP contribution >= 0.6 is 0 Å². The standard InChI is InChI=1S/C26H30N2O4S2/c1-19-5-11-25(12-6-19)34(31,32)28-16-15-20-7-10-23(17-21(20)18-28)27-33(29,30)24-13-8-22(9-14-24)26(2,3)4/h5-14,17,27H,15-16,18H2,1-4H3. The fourth-order valence-electron chi connectivity index (χ4n) is 4.01. The van der Waals surface area contributed by atoms with Crippen LogP contribution in [0.25, 0.3) is 0 Å². The number of benzene rings is 3. The van der Waals surface area contributed by atoms with Gasteiger partial charge in [-0.25, -0.2) is 16.8 Å². The second-order valence-electron chi connectivity index (χ2n) is 9.77. The number of hydrogen-bond donors (Lipinski definition) is 1. The number of nitrogens with zero attached hydrogens (tertiary/aromatic N) is 1. The van der Waals surface area contributed by atoms with Crippen LogP contribution in [0, 0.1) is 6.92 Å². The monoisotopic (exact) mass is 498 g/mol. The number of fused-ring (bicyclic) bond motifs is 1. The molecule has 0 spiro atoms. The molecule has 4 rings (SSSR count). The highest BCUT2D eigenvalue weighted by atomic mass is 32.2. The minimum atomic E-state index is -3.77. The van der Waals surface area contributed by atoms with E-state index in [1.165, 1.54) is 4.31 Å². The summed E-state index contributed by atoms with van der Waals surface area (Å²) in [6.45, 7) is 8.71. The number of rotatable bonds is 5. The molecule has 0 atom stereocenters. The van der Waals surface area contributed by atoms with Crippen molar-refractivity contribution in [1.82, 2.24) is 4.31 Å². The molecule has 0 unspecified atom stereocenters. The Labute approximate surface area is 202 Å². The Kier molecular flexibility index (Phi) is 6.35. The van der Waals surface area contributed by atoms with Crippen LogP contribution < -0.4 is 4.72 Å². The molecule has 8 heteroatoms. The predicted molar refractivity (Wildman–Crippen MR) is 135 cm³/mol. The molecular formula is C26H30N2O4S2. The van der Waals surface area contributed by atoms with Gasteiger partial charge < -0.3 is 0 Å². The lowest BCUT2D eigenvalue weighted by molar-refractivity contribution is 0.391. The lowest BCUT2D eigenvalue weighted by Crippen LogP contribution is -2.36. The van der Waals surface area contributed by atoms with Gasteiger partial charge >= 0.3 is 0 Å². The van der Waals surface area contributed by atoms with Crippen molar-refractivity contribution in [3.05, 3.63) is 89.0 Å². The van der Waals surface area contributed by atoms with Gasteiger partial charge in [0.25, 0.3) is 10.0 Å². The van der Waals surface area contributed by atoms with Gasteiger partial charge in [-0.1, -0.05) is 56.7 Å². The van der Waals surface area contributed by atoms with E-state index in [2.05, 4.69) is 25.5 Å².